The third-order valence-electron chi connectivity index (χ3n) is 7.14. The summed E-state index contributed by atoms with van der Waals surface area (Å²) in [5.74, 6) is 0.403. The molecule has 0 spiro atoms. The first-order valence-electron chi connectivity index (χ1n) is 11.6. The number of benzene rings is 2. The lowest BCUT2D eigenvalue weighted by Crippen LogP contribution is -2.50. The van der Waals surface area contributed by atoms with Gasteiger partial charge in [0.15, 0.2) is 0 Å². The van der Waals surface area contributed by atoms with E-state index >= 15 is 0 Å². The lowest BCUT2D eigenvalue weighted by molar-refractivity contribution is 0.0993. The number of rotatable bonds is 6. The van der Waals surface area contributed by atoms with Crippen molar-refractivity contribution in [3.8, 4) is 5.75 Å². The average molecular weight is 458 g/mol. The number of nitrogens with one attached hydrogen (secondary N) is 1. The van der Waals surface area contributed by atoms with Crippen LogP contribution in [0.2, 0.25) is 5.02 Å². The summed E-state index contributed by atoms with van der Waals surface area (Å²) in [5.41, 5.74) is 5.58. The van der Waals surface area contributed by atoms with Gasteiger partial charge in [0.1, 0.15) is 5.75 Å². The molecule has 32 heavy (non-hydrogen) atoms. The Morgan fingerprint density at radius 3 is 2.53 bits per heavy atom. The number of aryl methyl sites for hydroxylation is 2. The van der Waals surface area contributed by atoms with Gasteiger partial charge in [0.05, 0.1) is 6.10 Å². The predicted molar refractivity (Wildman–Crippen MR) is 132 cm³/mol. The van der Waals surface area contributed by atoms with Gasteiger partial charge in [0, 0.05) is 61.6 Å². The fourth-order valence-electron chi connectivity index (χ4n) is 5.40. The number of aliphatic hydroxyl groups is 1. The van der Waals surface area contributed by atoms with Gasteiger partial charge in [-0.1, -0.05) is 37.6 Å². The minimum absolute atomic E-state index is 0.0132. The normalized spacial score (nSPS) is 21.6. The van der Waals surface area contributed by atoms with Gasteiger partial charge < -0.3 is 20.4 Å². The van der Waals surface area contributed by atoms with Gasteiger partial charge in [0.2, 0.25) is 0 Å². The number of fused-ring (bicyclic) bond motifs is 1. The molecule has 174 valence electrons. The van der Waals surface area contributed by atoms with E-state index in [1.807, 2.05) is 25.1 Å². The quantitative estimate of drug-likeness (QED) is 0.610. The second-order valence-electron chi connectivity index (χ2n) is 10.2. The largest absolute Gasteiger partial charge is 0.507 e. The number of hydrogen-bond donors (Lipinski definition) is 3. The smallest absolute Gasteiger partial charge is 0.123 e. The molecule has 1 heterocycles. The maximum atomic E-state index is 10.8. The van der Waals surface area contributed by atoms with Crippen molar-refractivity contribution in [3.05, 3.63) is 57.6 Å². The number of β-amino-alcohol motifs (C(OH)–C–C–N with tert-alkyl or cyclic N) is 1. The monoisotopic (exact) mass is 457 g/mol. The minimum atomic E-state index is -0.458. The van der Waals surface area contributed by atoms with E-state index < -0.39 is 6.10 Å². The first-order chi connectivity index (χ1) is 15.2. The van der Waals surface area contributed by atoms with E-state index in [1.54, 1.807) is 0 Å². The van der Waals surface area contributed by atoms with E-state index in [2.05, 4.69) is 48.0 Å². The third kappa shape index (κ3) is 4.76. The number of aromatic hydroxyl groups is 1. The lowest BCUT2D eigenvalue weighted by Gasteiger charge is -2.37. The number of anilines is 1. The highest BCUT2D eigenvalue weighted by atomic mass is 35.5. The topological polar surface area (TPSA) is 59.0 Å². The summed E-state index contributed by atoms with van der Waals surface area (Å²) in [7, 11) is 0. The van der Waals surface area contributed by atoms with Gasteiger partial charge >= 0.3 is 0 Å². The van der Waals surface area contributed by atoms with Crippen LogP contribution in [0.25, 0.3) is 0 Å². The Labute approximate surface area is 197 Å². The summed E-state index contributed by atoms with van der Waals surface area (Å²) < 4.78 is 0. The molecule has 5 nitrogen and oxygen atoms in total. The fourth-order valence-corrected chi connectivity index (χ4v) is 5.58. The molecule has 2 aliphatic rings. The Kier molecular flexibility index (Phi) is 6.73. The number of piperazine rings is 1. The van der Waals surface area contributed by atoms with Crippen molar-refractivity contribution in [2.75, 3.05) is 44.2 Å². The van der Waals surface area contributed by atoms with E-state index in [4.69, 9.17) is 11.6 Å². The average Bonchev–Trinajstić information content (AvgIpc) is 3.02. The molecule has 0 bridgehead atoms. The van der Waals surface area contributed by atoms with Crippen molar-refractivity contribution in [1.29, 1.82) is 0 Å². The van der Waals surface area contributed by atoms with Crippen molar-refractivity contribution in [3.63, 3.8) is 0 Å². The van der Waals surface area contributed by atoms with E-state index in [1.165, 1.54) is 11.1 Å². The Bertz CT molecular complexity index is 970. The molecule has 1 aliphatic carbocycles. The van der Waals surface area contributed by atoms with E-state index in [0.717, 1.165) is 54.4 Å². The summed E-state index contributed by atoms with van der Waals surface area (Å²) in [4.78, 5) is 4.67. The molecule has 0 amide bonds. The molecule has 0 radical (unpaired) electrons. The maximum Gasteiger partial charge on any atom is 0.123 e. The summed E-state index contributed by atoms with van der Waals surface area (Å²) >= 11 is 6.14. The van der Waals surface area contributed by atoms with E-state index in [-0.39, 0.29) is 11.5 Å². The molecule has 2 atom stereocenters. The van der Waals surface area contributed by atoms with Crippen molar-refractivity contribution >= 4 is 17.3 Å². The molecule has 1 fully saturated rings. The molecule has 2 unspecified atom stereocenters. The SMILES string of the molecule is Cc1cc(C)c2c(c1O)C(NCC(O)CN1CCN(c3cccc(Cl)c3)CC1)C(C)(C)C2. The Balaban J connectivity index is 1.33. The van der Waals surface area contributed by atoms with Gasteiger partial charge in [-0.15, -0.1) is 0 Å². The molecule has 3 N–H and O–H groups in total. The van der Waals surface area contributed by atoms with Gasteiger partial charge in [-0.05, 0) is 60.6 Å². The number of aliphatic hydroxyl groups excluding tert-OH is 1. The lowest BCUT2D eigenvalue weighted by atomic mass is 9.85. The van der Waals surface area contributed by atoms with Crippen molar-refractivity contribution < 1.29 is 10.2 Å². The zero-order chi connectivity index (χ0) is 23.0. The number of hydrogen-bond acceptors (Lipinski definition) is 5. The Morgan fingerprint density at radius 1 is 1.12 bits per heavy atom. The standard InChI is InChI=1S/C26H36ClN3O2/c1-17-12-18(2)24(32)23-22(17)14-26(3,4)25(23)28-15-21(31)16-29-8-10-30(11-9-29)20-7-5-6-19(27)13-20/h5-7,12-13,21,25,28,31-32H,8-11,14-16H2,1-4H3. The molecule has 1 saturated heterocycles. The summed E-state index contributed by atoms with van der Waals surface area (Å²) in [6.07, 6.45) is 0.474. The highest BCUT2D eigenvalue weighted by Crippen LogP contribution is 2.50. The molecule has 0 aromatic heterocycles. The van der Waals surface area contributed by atoms with E-state index in [9.17, 15) is 10.2 Å². The number of phenols is 1. The minimum Gasteiger partial charge on any atom is -0.507 e. The number of halogens is 1. The maximum absolute atomic E-state index is 10.8. The van der Waals surface area contributed by atoms with Crippen LogP contribution in [-0.4, -0.2) is 60.5 Å². The van der Waals surface area contributed by atoms with Crippen LogP contribution in [0.1, 0.15) is 42.1 Å². The molecular formula is C26H36ClN3O2. The predicted octanol–water partition coefficient (Wildman–Crippen LogP) is 4.06. The Hall–Kier alpha value is -1.79. The van der Waals surface area contributed by atoms with Crippen LogP contribution >= 0.6 is 11.6 Å². The highest BCUT2D eigenvalue weighted by molar-refractivity contribution is 6.30. The molecular weight excluding hydrogens is 422 g/mol. The summed E-state index contributed by atoms with van der Waals surface area (Å²) in [5, 5.41) is 25.9. The van der Waals surface area contributed by atoms with Crippen LogP contribution in [0.3, 0.4) is 0 Å². The molecule has 1 aliphatic heterocycles. The zero-order valence-corrected chi connectivity index (χ0v) is 20.4. The molecule has 4 rings (SSSR count). The van der Waals surface area contributed by atoms with Crippen LogP contribution < -0.4 is 10.2 Å². The van der Waals surface area contributed by atoms with Gasteiger partial charge in [-0.25, -0.2) is 0 Å². The zero-order valence-electron chi connectivity index (χ0n) is 19.7. The number of phenolic OH excluding ortho intramolecular Hbond substituents is 1. The Morgan fingerprint density at radius 2 is 1.84 bits per heavy atom. The van der Waals surface area contributed by atoms with Crippen LogP contribution in [-0.2, 0) is 6.42 Å². The number of nitrogens with zero attached hydrogens (tertiary/aromatic N) is 2. The second-order valence-corrected chi connectivity index (χ2v) is 10.6. The van der Waals surface area contributed by atoms with Gasteiger partial charge in [-0.2, -0.15) is 0 Å². The second kappa shape index (κ2) is 9.22. The third-order valence-corrected chi connectivity index (χ3v) is 7.37. The van der Waals surface area contributed by atoms with Gasteiger partial charge in [-0.3, -0.25) is 4.90 Å². The van der Waals surface area contributed by atoms with Gasteiger partial charge in [0.25, 0.3) is 0 Å². The van der Waals surface area contributed by atoms with Crippen LogP contribution in [0.15, 0.2) is 30.3 Å². The van der Waals surface area contributed by atoms with Crippen molar-refractivity contribution in [2.24, 2.45) is 5.41 Å². The molecule has 6 heteroatoms. The van der Waals surface area contributed by atoms with Crippen LogP contribution in [0.5, 0.6) is 5.75 Å². The first-order valence-corrected chi connectivity index (χ1v) is 12.0. The fraction of sp³-hybridized carbons (Fsp3) is 0.538. The van der Waals surface area contributed by atoms with Crippen LogP contribution in [0.4, 0.5) is 5.69 Å². The van der Waals surface area contributed by atoms with Crippen molar-refractivity contribution in [2.45, 2.75) is 46.3 Å². The highest BCUT2D eigenvalue weighted by Gasteiger charge is 2.42. The molecule has 0 saturated carbocycles. The summed E-state index contributed by atoms with van der Waals surface area (Å²) in [6.45, 7) is 13.4. The molecule has 2 aromatic rings. The van der Waals surface area contributed by atoms with Crippen molar-refractivity contribution in [1.82, 2.24) is 10.2 Å². The first kappa shape index (κ1) is 23.4. The molecule has 2 aromatic carbocycles. The summed E-state index contributed by atoms with van der Waals surface area (Å²) in [6, 6.07) is 10.1. The van der Waals surface area contributed by atoms with Crippen LogP contribution in [0, 0.1) is 19.3 Å². The van der Waals surface area contributed by atoms with E-state index in [0.29, 0.717) is 18.8 Å².